The van der Waals surface area contributed by atoms with E-state index in [2.05, 4.69) is 4.98 Å². The van der Waals surface area contributed by atoms with Gasteiger partial charge in [0.2, 0.25) is 15.9 Å². The molecule has 7 nitrogen and oxygen atoms in total. The number of piperidine rings is 1. The zero-order chi connectivity index (χ0) is 26.2. The average molecular weight is 559 g/mol. The SMILES string of the molecule is Cc1ccc(Cl)c2sc(N(Cc3cccnc3)C(=O)C3CCN(S(=O)(=O)c4ccc(F)cc4)CC3)nc12. The first-order valence-electron chi connectivity index (χ1n) is 11.8. The molecule has 0 spiro atoms. The van der Waals surface area contributed by atoms with Crippen LogP contribution in [0.1, 0.15) is 24.0 Å². The van der Waals surface area contributed by atoms with Gasteiger partial charge in [-0.05, 0) is 67.3 Å². The van der Waals surface area contributed by atoms with Crippen LogP contribution in [0.5, 0.6) is 0 Å². The van der Waals surface area contributed by atoms with Crippen LogP contribution in [0.25, 0.3) is 10.2 Å². The number of sulfonamides is 1. The van der Waals surface area contributed by atoms with E-state index in [1.54, 1.807) is 17.3 Å². The highest BCUT2D eigenvalue weighted by molar-refractivity contribution is 7.89. The molecule has 0 bridgehead atoms. The van der Waals surface area contributed by atoms with Gasteiger partial charge in [0.15, 0.2) is 5.13 Å². The summed E-state index contributed by atoms with van der Waals surface area (Å²) < 4.78 is 41.5. The molecule has 37 heavy (non-hydrogen) atoms. The predicted octanol–water partition coefficient (Wildman–Crippen LogP) is 5.43. The first-order chi connectivity index (χ1) is 17.7. The molecule has 2 aromatic carbocycles. The Kier molecular flexibility index (Phi) is 7.26. The van der Waals surface area contributed by atoms with Crippen molar-refractivity contribution >= 4 is 54.2 Å². The summed E-state index contributed by atoms with van der Waals surface area (Å²) in [5.41, 5.74) is 2.58. The standard InChI is InChI=1S/C26H24ClFN4O3S2/c1-17-4-9-22(27)24-23(17)30-26(36-24)32(16-18-3-2-12-29-15-18)25(33)19-10-13-31(14-11-19)37(34,35)21-7-5-20(28)6-8-21/h2-9,12,15,19H,10-11,13-14,16H2,1H3. The molecule has 1 aliphatic rings. The van der Waals surface area contributed by atoms with Crippen LogP contribution >= 0.6 is 22.9 Å². The molecule has 1 aliphatic heterocycles. The van der Waals surface area contributed by atoms with E-state index in [-0.39, 0.29) is 36.4 Å². The summed E-state index contributed by atoms with van der Waals surface area (Å²) in [6.45, 7) is 2.63. The number of benzene rings is 2. The maximum Gasteiger partial charge on any atom is 0.243 e. The van der Waals surface area contributed by atoms with Crippen molar-refractivity contribution in [3.05, 3.63) is 82.9 Å². The van der Waals surface area contributed by atoms with Gasteiger partial charge in [-0.15, -0.1) is 0 Å². The molecule has 1 amide bonds. The number of carbonyl (C=O) groups is 1. The van der Waals surface area contributed by atoms with Crippen LogP contribution in [0.3, 0.4) is 0 Å². The van der Waals surface area contributed by atoms with Crippen LogP contribution in [0.4, 0.5) is 9.52 Å². The van der Waals surface area contributed by atoms with Gasteiger partial charge in [0.05, 0.1) is 26.7 Å². The first-order valence-corrected chi connectivity index (χ1v) is 14.4. The molecule has 2 aromatic heterocycles. The normalized spacial score (nSPS) is 15.2. The van der Waals surface area contributed by atoms with E-state index >= 15 is 0 Å². The summed E-state index contributed by atoms with van der Waals surface area (Å²) in [7, 11) is -3.77. The van der Waals surface area contributed by atoms with Gasteiger partial charge in [0, 0.05) is 31.4 Å². The van der Waals surface area contributed by atoms with Crippen molar-refractivity contribution in [3.63, 3.8) is 0 Å². The first kappa shape index (κ1) is 25.7. The van der Waals surface area contributed by atoms with Crippen LogP contribution in [0, 0.1) is 18.7 Å². The Labute approximate surface area is 223 Å². The summed E-state index contributed by atoms with van der Waals surface area (Å²) in [5.74, 6) is -0.987. The Morgan fingerprint density at radius 2 is 1.89 bits per heavy atom. The number of aromatic nitrogens is 2. The topological polar surface area (TPSA) is 83.5 Å². The summed E-state index contributed by atoms with van der Waals surface area (Å²) in [6.07, 6.45) is 4.12. The molecule has 11 heteroatoms. The fourth-order valence-corrected chi connectivity index (χ4v) is 7.23. The quantitative estimate of drug-likeness (QED) is 0.315. The second-order valence-corrected chi connectivity index (χ2v) is 12.3. The highest BCUT2D eigenvalue weighted by Crippen LogP contribution is 2.37. The zero-order valence-electron chi connectivity index (χ0n) is 20.0. The third-order valence-corrected chi connectivity index (χ3v) is 9.95. The minimum absolute atomic E-state index is 0.0404. The van der Waals surface area contributed by atoms with Gasteiger partial charge in [-0.2, -0.15) is 4.31 Å². The van der Waals surface area contributed by atoms with Crippen molar-refractivity contribution < 1.29 is 17.6 Å². The highest BCUT2D eigenvalue weighted by Gasteiger charge is 2.35. The van der Waals surface area contributed by atoms with Crippen molar-refractivity contribution in [1.29, 1.82) is 0 Å². The molecule has 5 rings (SSSR count). The minimum atomic E-state index is -3.77. The smallest absolute Gasteiger partial charge is 0.243 e. The molecule has 0 atom stereocenters. The number of rotatable bonds is 6. The summed E-state index contributed by atoms with van der Waals surface area (Å²) in [6, 6.07) is 12.2. The molecule has 0 radical (unpaired) electrons. The molecule has 3 heterocycles. The van der Waals surface area contributed by atoms with Crippen molar-refractivity contribution in [2.24, 2.45) is 5.92 Å². The lowest BCUT2D eigenvalue weighted by Gasteiger charge is -2.33. The number of hydrogen-bond donors (Lipinski definition) is 0. The van der Waals surface area contributed by atoms with Gasteiger partial charge in [-0.3, -0.25) is 14.7 Å². The number of nitrogens with zero attached hydrogens (tertiary/aromatic N) is 4. The second-order valence-electron chi connectivity index (χ2n) is 8.96. The van der Waals surface area contributed by atoms with Crippen molar-refractivity contribution in [2.45, 2.75) is 31.2 Å². The number of pyridine rings is 1. The van der Waals surface area contributed by atoms with E-state index in [0.29, 0.717) is 23.0 Å². The summed E-state index contributed by atoms with van der Waals surface area (Å²) >= 11 is 7.79. The van der Waals surface area contributed by atoms with Gasteiger partial charge < -0.3 is 0 Å². The number of aryl methyl sites for hydroxylation is 1. The third kappa shape index (κ3) is 5.24. The van der Waals surface area contributed by atoms with E-state index < -0.39 is 15.8 Å². The molecular formula is C26H24ClFN4O3S2. The summed E-state index contributed by atoms with van der Waals surface area (Å²) in [4.78, 5) is 24.5. The molecule has 1 fully saturated rings. The Hall–Kier alpha value is -2.92. The van der Waals surface area contributed by atoms with Crippen molar-refractivity contribution in [2.75, 3.05) is 18.0 Å². The van der Waals surface area contributed by atoms with Crippen LogP contribution in [0.15, 0.2) is 65.8 Å². The molecule has 4 aromatic rings. The maximum atomic E-state index is 13.8. The summed E-state index contributed by atoms with van der Waals surface area (Å²) in [5, 5.41) is 1.12. The Morgan fingerprint density at radius 1 is 1.16 bits per heavy atom. The van der Waals surface area contributed by atoms with Crippen LogP contribution in [-0.2, 0) is 21.4 Å². The number of halogens is 2. The van der Waals surface area contributed by atoms with Gasteiger partial charge in [-0.25, -0.2) is 17.8 Å². The molecule has 1 saturated heterocycles. The van der Waals surface area contributed by atoms with E-state index in [1.807, 2.05) is 31.2 Å². The number of thiazole rings is 1. The lowest BCUT2D eigenvalue weighted by molar-refractivity contribution is -0.123. The fraction of sp³-hybridized carbons (Fsp3) is 0.269. The van der Waals surface area contributed by atoms with Crippen molar-refractivity contribution in [3.8, 4) is 0 Å². The fourth-order valence-electron chi connectivity index (χ4n) is 4.44. The largest absolute Gasteiger partial charge is 0.283 e. The van der Waals surface area contributed by atoms with Gasteiger partial charge in [0.1, 0.15) is 5.82 Å². The zero-order valence-corrected chi connectivity index (χ0v) is 22.4. The van der Waals surface area contributed by atoms with E-state index in [0.717, 1.165) is 33.5 Å². The van der Waals surface area contributed by atoms with Crippen molar-refractivity contribution in [1.82, 2.24) is 14.3 Å². The van der Waals surface area contributed by atoms with E-state index in [4.69, 9.17) is 16.6 Å². The number of fused-ring (bicyclic) bond motifs is 1. The molecule has 0 unspecified atom stereocenters. The molecule has 192 valence electrons. The second kappa shape index (κ2) is 10.4. The number of carbonyl (C=O) groups excluding carboxylic acids is 1. The van der Waals surface area contributed by atoms with Gasteiger partial charge >= 0.3 is 0 Å². The number of amides is 1. The van der Waals surface area contributed by atoms with Gasteiger partial charge in [-0.1, -0.05) is 35.1 Å². The van der Waals surface area contributed by atoms with E-state index in [1.165, 1.54) is 27.8 Å². The average Bonchev–Trinajstić information content (AvgIpc) is 3.37. The Balaban J connectivity index is 1.39. The molecule has 0 aliphatic carbocycles. The molecule has 0 N–H and O–H groups in total. The lowest BCUT2D eigenvalue weighted by Crippen LogP contribution is -2.44. The lowest BCUT2D eigenvalue weighted by atomic mass is 9.96. The Bertz CT molecular complexity index is 1500. The third-order valence-electron chi connectivity index (χ3n) is 6.50. The number of anilines is 1. The molecular weight excluding hydrogens is 535 g/mol. The van der Waals surface area contributed by atoms with Gasteiger partial charge in [0.25, 0.3) is 0 Å². The molecule has 0 saturated carbocycles. The Morgan fingerprint density at radius 3 is 2.54 bits per heavy atom. The van der Waals surface area contributed by atoms with E-state index in [9.17, 15) is 17.6 Å². The van der Waals surface area contributed by atoms with Crippen LogP contribution < -0.4 is 4.90 Å². The predicted molar refractivity (Wildman–Crippen MR) is 143 cm³/mol. The maximum absolute atomic E-state index is 13.8. The van der Waals surface area contributed by atoms with Crippen LogP contribution in [-0.4, -0.2) is 41.7 Å². The number of hydrogen-bond acceptors (Lipinski definition) is 6. The monoisotopic (exact) mass is 558 g/mol. The minimum Gasteiger partial charge on any atom is -0.283 e. The highest BCUT2D eigenvalue weighted by atomic mass is 35.5. The van der Waals surface area contributed by atoms with Crippen LogP contribution in [0.2, 0.25) is 5.02 Å².